The molecule has 0 radical (unpaired) electrons. The van der Waals surface area contributed by atoms with Gasteiger partial charge in [-0.05, 0) is 26.7 Å². The highest BCUT2D eigenvalue weighted by molar-refractivity contribution is 5.92. The van der Waals surface area contributed by atoms with Gasteiger partial charge in [-0.25, -0.2) is 0 Å². The summed E-state index contributed by atoms with van der Waals surface area (Å²) in [6.07, 6.45) is 4.57. The SMILES string of the molecule is Cc1nn(C)c(C)c1NC(=O)CC1(N)CCCC1. The Morgan fingerprint density at radius 2 is 2.06 bits per heavy atom. The maximum Gasteiger partial charge on any atom is 0.226 e. The molecule has 1 aromatic rings. The molecule has 0 bridgehead atoms. The highest BCUT2D eigenvalue weighted by Crippen LogP contribution is 2.30. The molecule has 2 rings (SSSR count). The summed E-state index contributed by atoms with van der Waals surface area (Å²) in [7, 11) is 1.87. The summed E-state index contributed by atoms with van der Waals surface area (Å²) in [5.41, 5.74) is 8.56. The molecule has 5 nitrogen and oxygen atoms in total. The van der Waals surface area contributed by atoms with Crippen LogP contribution in [0.25, 0.3) is 0 Å². The van der Waals surface area contributed by atoms with E-state index in [4.69, 9.17) is 5.73 Å². The molecule has 0 spiro atoms. The number of nitrogens with two attached hydrogens (primary N) is 1. The molecule has 1 aliphatic rings. The normalized spacial score (nSPS) is 18.0. The standard InChI is InChI=1S/C13H22N4O/c1-9-12(10(2)17(3)16-9)15-11(18)8-13(14)6-4-5-7-13/h4-8,14H2,1-3H3,(H,15,18). The molecule has 1 aromatic heterocycles. The Bertz CT molecular complexity index is 458. The van der Waals surface area contributed by atoms with Gasteiger partial charge >= 0.3 is 0 Å². The van der Waals surface area contributed by atoms with Crippen molar-refractivity contribution >= 4 is 11.6 Å². The van der Waals surface area contributed by atoms with E-state index in [9.17, 15) is 4.79 Å². The van der Waals surface area contributed by atoms with Gasteiger partial charge in [-0.1, -0.05) is 12.8 Å². The lowest BCUT2D eigenvalue weighted by molar-refractivity contribution is -0.117. The second-order valence-corrected chi connectivity index (χ2v) is 5.46. The van der Waals surface area contributed by atoms with E-state index in [0.29, 0.717) is 6.42 Å². The second kappa shape index (κ2) is 4.72. The summed E-state index contributed by atoms with van der Waals surface area (Å²) in [5.74, 6) is -0.00130. The highest BCUT2D eigenvalue weighted by atomic mass is 16.1. The number of anilines is 1. The van der Waals surface area contributed by atoms with Gasteiger partial charge in [0.1, 0.15) is 0 Å². The predicted octanol–water partition coefficient (Wildman–Crippen LogP) is 1.64. The molecule has 1 fully saturated rings. The smallest absolute Gasteiger partial charge is 0.226 e. The first-order valence-corrected chi connectivity index (χ1v) is 6.50. The van der Waals surface area contributed by atoms with Crippen LogP contribution in [0.5, 0.6) is 0 Å². The van der Waals surface area contributed by atoms with Gasteiger partial charge < -0.3 is 11.1 Å². The number of nitrogens with one attached hydrogen (secondary N) is 1. The molecular formula is C13H22N4O. The molecular weight excluding hydrogens is 228 g/mol. The number of rotatable bonds is 3. The van der Waals surface area contributed by atoms with Crippen molar-refractivity contribution in [3.8, 4) is 0 Å². The molecule has 1 heterocycles. The Hall–Kier alpha value is -1.36. The zero-order chi connectivity index (χ0) is 13.3. The van der Waals surface area contributed by atoms with Crippen LogP contribution in [0.2, 0.25) is 0 Å². The Morgan fingerprint density at radius 3 is 2.56 bits per heavy atom. The molecule has 0 aromatic carbocycles. The third kappa shape index (κ3) is 2.56. The van der Waals surface area contributed by atoms with Gasteiger partial charge in [0.15, 0.2) is 0 Å². The van der Waals surface area contributed by atoms with Gasteiger partial charge in [-0.2, -0.15) is 5.10 Å². The van der Waals surface area contributed by atoms with Crippen molar-refractivity contribution in [3.05, 3.63) is 11.4 Å². The number of nitrogens with zero attached hydrogens (tertiary/aromatic N) is 2. The number of amides is 1. The number of hydrogen-bond acceptors (Lipinski definition) is 3. The monoisotopic (exact) mass is 250 g/mol. The van der Waals surface area contributed by atoms with E-state index < -0.39 is 0 Å². The molecule has 0 aliphatic heterocycles. The Kier molecular flexibility index (Phi) is 3.43. The van der Waals surface area contributed by atoms with E-state index in [-0.39, 0.29) is 11.4 Å². The molecule has 0 saturated heterocycles. The average molecular weight is 250 g/mol. The van der Waals surface area contributed by atoms with E-state index in [1.807, 2.05) is 20.9 Å². The van der Waals surface area contributed by atoms with Crippen LogP contribution in [-0.4, -0.2) is 21.2 Å². The largest absolute Gasteiger partial charge is 0.325 e. The lowest BCUT2D eigenvalue weighted by Crippen LogP contribution is -2.40. The Balaban J connectivity index is 2.03. The number of aromatic nitrogens is 2. The molecule has 3 N–H and O–H groups in total. The predicted molar refractivity (Wildman–Crippen MR) is 71.3 cm³/mol. The van der Waals surface area contributed by atoms with E-state index >= 15 is 0 Å². The fraction of sp³-hybridized carbons (Fsp3) is 0.692. The van der Waals surface area contributed by atoms with Crippen LogP contribution in [0.1, 0.15) is 43.5 Å². The number of carbonyl (C=O) groups excluding carboxylic acids is 1. The Labute approximate surface area is 108 Å². The molecule has 100 valence electrons. The van der Waals surface area contributed by atoms with E-state index in [1.54, 1.807) is 4.68 Å². The quantitative estimate of drug-likeness (QED) is 0.856. The molecule has 0 unspecified atom stereocenters. The first kappa shape index (κ1) is 13.1. The number of hydrogen-bond donors (Lipinski definition) is 2. The zero-order valence-corrected chi connectivity index (χ0v) is 11.4. The minimum Gasteiger partial charge on any atom is -0.325 e. The van der Waals surface area contributed by atoms with Crippen LogP contribution in [0.3, 0.4) is 0 Å². The highest BCUT2D eigenvalue weighted by Gasteiger charge is 2.32. The summed E-state index contributed by atoms with van der Waals surface area (Å²) < 4.78 is 1.78. The maximum atomic E-state index is 12.1. The van der Waals surface area contributed by atoms with Crippen LogP contribution in [0.4, 0.5) is 5.69 Å². The maximum absolute atomic E-state index is 12.1. The molecule has 5 heteroatoms. The van der Waals surface area contributed by atoms with Gasteiger partial charge in [0.05, 0.1) is 17.1 Å². The lowest BCUT2D eigenvalue weighted by atomic mass is 9.94. The Morgan fingerprint density at radius 1 is 1.44 bits per heavy atom. The van der Waals surface area contributed by atoms with Crippen molar-refractivity contribution in [1.29, 1.82) is 0 Å². The lowest BCUT2D eigenvalue weighted by Gasteiger charge is -2.22. The van der Waals surface area contributed by atoms with Crippen molar-refractivity contribution in [2.75, 3.05) is 5.32 Å². The van der Waals surface area contributed by atoms with Crippen LogP contribution < -0.4 is 11.1 Å². The minimum atomic E-state index is -0.298. The first-order valence-electron chi connectivity index (χ1n) is 6.50. The van der Waals surface area contributed by atoms with Crippen molar-refractivity contribution in [2.45, 2.75) is 51.5 Å². The summed E-state index contributed by atoms with van der Waals surface area (Å²) in [6, 6.07) is 0. The average Bonchev–Trinajstić information content (AvgIpc) is 2.79. The first-order chi connectivity index (χ1) is 8.41. The third-order valence-corrected chi connectivity index (χ3v) is 3.89. The van der Waals surface area contributed by atoms with Gasteiger partial charge in [0.2, 0.25) is 5.91 Å². The van der Waals surface area contributed by atoms with E-state index in [1.165, 1.54) is 0 Å². The second-order valence-electron chi connectivity index (χ2n) is 5.46. The fourth-order valence-corrected chi connectivity index (χ4v) is 2.71. The molecule has 0 atom stereocenters. The van der Waals surface area contributed by atoms with Crippen LogP contribution in [0.15, 0.2) is 0 Å². The molecule has 18 heavy (non-hydrogen) atoms. The van der Waals surface area contributed by atoms with Gasteiger partial charge in [0.25, 0.3) is 0 Å². The van der Waals surface area contributed by atoms with Gasteiger partial charge in [-0.3, -0.25) is 9.48 Å². The molecule has 1 saturated carbocycles. The van der Waals surface area contributed by atoms with Crippen LogP contribution in [-0.2, 0) is 11.8 Å². The van der Waals surface area contributed by atoms with Crippen molar-refractivity contribution in [2.24, 2.45) is 12.8 Å². The zero-order valence-electron chi connectivity index (χ0n) is 11.4. The summed E-state index contributed by atoms with van der Waals surface area (Å²) in [5, 5.41) is 7.23. The van der Waals surface area contributed by atoms with Crippen LogP contribution >= 0.6 is 0 Å². The van der Waals surface area contributed by atoms with Gasteiger partial charge in [-0.15, -0.1) is 0 Å². The third-order valence-electron chi connectivity index (χ3n) is 3.89. The topological polar surface area (TPSA) is 72.9 Å². The van der Waals surface area contributed by atoms with Crippen molar-refractivity contribution in [1.82, 2.24) is 9.78 Å². The summed E-state index contributed by atoms with van der Waals surface area (Å²) >= 11 is 0. The van der Waals surface area contributed by atoms with Crippen molar-refractivity contribution in [3.63, 3.8) is 0 Å². The minimum absolute atomic E-state index is 0.00130. The van der Waals surface area contributed by atoms with Gasteiger partial charge in [0, 0.05) is 19.0 Å². The molecule has 1 aliphatic carbocycles. The number of aryl methyl sites for hydroxylation is 2. The summed E-state index contributed by atoms with van der Waals surface area (Å²) in [4.78, 5) is 12.1. The number of carbonyl (C=O) groups is 1. The van der Waals surface area contributed by atoms with E-state index in [2.05, 4.69) is 10.4 Å². The molecule has 1 amide bonds. The van der Waals surface area contributed by atoms with Crippen molar-refractivity contribution < 1.29 is 4.79 Å². The fourth-order valence-electron chi connectivity index (χ4n) is 2.71. The van der Waals surface area contributed by atoms with E-state index in [0.717, 1.165) is 42.8 Å². The summed E-state index contributed by atoms with van der Waals surface area (Å²) in [6.45, 7) is 3.85. The van der Waals surface area contributed by atoms with Crippen LogP contribution in [0, 0.1) is 13.8 Å².